The summed E-state index contributed by atoms with van der Waals surface area (Å²) in [7, 11) is 3.59. The average Bonchev–Trinajstić information content (AvgIpc) is 3.08. The van der Waals surface area contributed by atoms with Crippen molar-refractivity contribution in [1.82, 2.24) is 10.1 Å². The number of nitrogens with zero attached hydrogens (tertiary/aromatic N) is 4. The molecule has 2 N–H and O–H groups in total. The van der Waals surface area contributed by atoms with Gasteiger partial charge in [0.05, 0.1) is 25.9 Å². The van der Waals surface area contributed by atoms with Crippen molar-refractivity contribution in [1.29, 1.82) is 0 Å². The van der Waals surface area contributed by atoms with Crippen LogP contribution in [0.4, 0.5) is 17.2 Å². The highest BCUT2D eigenvalue weighted by Gasteiger charge is 2.17. The molecule has 1 aliphatic heterocycles. The number of nitrogens with one attached hydrogen (secondary N) is 2. The van der Waals surface area contributed by atoms with Crippen LogP contribution in [0.25, 0.3) is 0 Å². The van der Waals surface area contributed by atoms with E-state index in [9.17, 15) is 0 Å². The SMILES string of the molecule is COC(=Nc1c(C)[nH][n+](C)c1C)c1ccc(NCc2ccc(N3CCOCC3)cc2)nc1. The summed E-state index contributed by atoms with van der Waals surface area (Å²) in [6.45, 7) is 8.21. The highest BCUT2D eigenvalue weighted by Crippen LogP contribution is 2.21. The summed E-state index contributed by atoms with van der Waals surface area (Å²) in [5.74, 6) is 1.34. The number of benzene rings is 1. The van der Waals surface area contributed by atoms with Gasteiger partial charge >= 0.3 is 0 Å². The van der Waals surface area contributed by atoms with Gasteiger partial charge in [-0.05, 0) is 36.8 Å². The molecule has 32 heavy (non-hydrogen) atoms. The maximum absolute atomic E-state index is 5.54. The molecule has 1 saturated heterocycles. The molecule has 0 saturated carbocycles. The number of aryl methyl sites for hydroxylation is 2. The molecule has 1 fully saturated rings. The summed E-state index contributed by atoms with van der Waals surface area (Å²) in [5.41, 5.74) is 6.20. The van der Waals surface area contributed by atoms with Gasteiger partial charge in [0.2, 0.25) is 11.6 Å². The predicted octanol–water partition coefficient (Wildman–Crippen LogP) is 3.02. The lowest BCUT2D eigenvalue weighted by Gasteiger charge is -2.28. The second kappa shape index (κ2) is 9.82. The van der Waals surface area contributed by atoms with Crippen LogP contribution in [0.1, 0.15) is 22.5 Å². The van der Waals surface area contributed by atoms with E-state index in [-0.39, 0.29) is 0 Å². The summed E-state index contributed by atoms with van der Waals surface area (Å²) in [5, 5.41) is 6.62. The zero-order valence-electron chi connectivity index (χ0n) is 19.2. The third-order valence-electron chi connectivity index (χ3n) is 5.74. The van der Waals surface area contributed by atoms with Crippen LogP contribution in [-0.2, 0) is 23.1 Å². The quantitative estimate of drug-likeness (QED) is 0.354. The van der Waals surface area contributed by atoms with Gasteiger partial charge in [0, 0.05) is 38.4 Å². The van der Waals surface area contributed by atoms with E-state index < -0.39 is 0 Å². The Balaban J connectivity index is 1.39. The third kappa shape index (κ3) is 4.91. The largest absolute Gasteiger partial charge is 0.481 e. The van der Waals surface area contributed by atoms with Crippen LogP contribution in [0.2, 0.25) is 0 Å². The van der Waals surface area contributed by atoms with E-state index in [0.717, 1.165) is 54.8 Å². The average molecular weight is 436 g/mol. The van der Waals surface area contributed by atoms with Crippen molar-refractivity contribution >= 4 is 23.1 Å². The number of aromatic amines is 1. The van der Waals surface area contributed by atoms with Crippen molar-refractivity contribution in [2.45, 2.75) is 20.4 Å². The Bertz CT molecular complexity index is 1070. The minimum absolute atomic E-state index is 0.536. The minimum Gasteiger partial charge on any atom is -0.481 e. The fourth-order valence-electron chi connectivity index (χ4n) is 3.78. The number of morpholine rings is 1. The van der Waals surface area contributed by atoms with E-state index in [4.69, 9.17) is 14.5 Å². The summed E-state index contributed by atoms with van der Waals surface area (Å²) >= 11 is 0. The fourth-order valence-corrected chi connectivity index (χ4v) is 3.78. The number of hydrogen-bond acceptors (Lipinski definition) is 6. The van der Waals surface area contributed by atoms with Gasteiger partial charge in [-0.3, -0.25) is 0 Å². The number of anilines is 2. The molecular formula is C24H31N6O2+. The first-order valence-electron chi connectivity index (χ1n) is 10.8. The molecule has 0 bridgehead atoms. The number of aromatic nitrogens is 3. The Morgan fingerprint density at radius 2 is 1.94 bits per heavy atom. The summed E-state index contributed by atoms with van der Waals surface area (Å²) in [6.07, 6.45) is 1.78. The smallest absolute Gasteiger partial charge is 0.230 e. The number of H-pyrrole nitrogens is 1. The highest BCUT2D eigenvalue weighted by atomic mass is 16.5. The third-order valence-corrected chi connectivity index (χ3v) is 5.74. The molecule has 0 amide bonds. The monoisotopic (exact) mass is 435 g/mol. The van der Waals surface area contributed by atoms with E-state index in [1.54, 1.807) is 13.3 Å². The van der Waals surface area contributed by atoms with E-state index in [1.807, 2.05) is 37.7 Å². The topological polar surface area (TPSA) is 78.7 Å². The van der Waals surface area contributed by atoms with E-state index >= 15 is 0 Å². The van der Waals surface area contributed by atoms with Gasteiger partial charge in [0.15, 0.2) is 12.7 Å². The summed E-state index contributed by atoms with van der Waals surface area (Å²) in [4.78, 5) is 11.6. The molecule has 0 radical (unpaired) electrons. The number of rotatable bonds is 6. The van der Waals surface area contributed by atoms with Gasteiger partial charge in [-0.15, -0.1) is 4.68 Å². The van der Waals surface area contributed by atoms with Crippen molar-refractivity contribution in [3.63, 3.8) is 0 Å². The van der Waals surface area contributed by atoms with Gasteiger partial charge in [-0.2, -0.15) is 5.10 Å². The van der Waals surface area contributed by atoms with Gasteiger partial charge in [-0.25, -0.2) is 9.98 Å². The van der Waals surface area contributed by atoms with Crippen LogP contribution >= 0.6 is 0 Å². The van der Waals surface area contributed by atoms with Crippen LogP contribution in [0.5, 0.6) is 0 Å². The lowest BCUT2D eigenvalue weighted by atomic mass is 10.2. The number of methoxy groups -OCH3 is 1. The molecule has 1 aromatic carbocycles. The Hall–Kier alpha value is -3.39. The zero-order chi connectivity index (χ0) is 22.5. The maximum atomic E-state index is 5.54. The Kier molecular flexibility index (Phi) is 6.70. The van der Waals surface area contributed by atoms with Crippen LogP contribution in [0.15, 0.2) is 47.6 Å². The number of aliphatic imine (C=N–C) groups is 1. The maximum Gasteiger partial charge on any atom is 0.230 e. The molecule has 168 valence electrons. The molecule has 3 heterocycles. The van der Waals surface area contributed by atoms with Gasteiger partial charge in [0.25, 0.3) is 0 Å². The first-order chi connectivity index (χ1) is 15.5. The molecule has 0 aliphatic carbocycles. The van der Waals surface area contributed by atoms with Crippen molar-refractivity contribution in [3.05, 3.63) is 65.1 Å². The minimum atomic E-state index is 0.536. The molecule has 0 spiro atoms. The molecule has 1 aliphatic rings. The number of hydrogen-bond donors (Lipinski definition) is 2. The first kappa shape index (κ1) is 21.8. The molecule has 8 heteroatoms. The van der Waals surface area contributed by atoms with Gasteiger partial charge in [-0.1, -0.05) is 12.1 Å². The lowest BCUT2D eigenvalue weighted by molar-refractivity contribution is -0.732. The molecule has 2 aromatic heterocycles. The van der Waals surface area contributed by atoms with Crippen molar-refractivity contribution in [2.75, 3.05) is 43.6 Å². The lowest BCUT2D eigenvalue weighted by Crippen LogP contribution is -2.36. The Labute approximate surface area is 188 Å². The van der Waals surface area contributed by atoms with Crippen LogP contribution in [0, 0.1) is 13.8 Å². The normalized spacial score (nSPS) is 14.5. The number of ether oxygens (including phenoxy) is 2. The standard InChI is InChI=1S/C24H30N6O2/c1-17-23(18(2)29(3)28-17)27-24(31-4)20-7-10-22(26-16-20)25-15-19-5-8-21(9-6-19)30-11-13-32-14-12-30/h5-10,16H,11-15H2,1-4H3,(H,25,26,27)/p+1. The summed E-state index contributed by atoms with van der Waals surface area (Å²) in [6, 6.07) is 12.6. The Morgan fingerprint density at radius 1 is 1.19 bits per heavy atom. The molecule has 4 rings (SSSR count). The fraction of sp³-hybridized carbons (Fsp3) is 0.375. The molecule has 3 aromatic rings. The van der Waals surface area contributed by atoms with Crippen molar-refractivity contribution < 1.29 is 14.2 Å². The van der Waals surface area contributed by atoms with Crippen LogP contribution < -0.4 is 14.9 Å². The van der Waals surface area contributed by atoms with E-state index in [2.05, 4.69) is 44.6 Å². The second-order valence-corrected chi connectivity index (χ2v) is 7.90. The number of pyridine rings is 1. The van der Waals surface area contributed by atoms with Crippen molar-refractivity contribution in [2.24, 2.45) is 12.0 Å². The molecule has 8 nitrogen and oxygen atoms in total. The van der Waals surface area contributed by atoms with Crippen LogP contribution in [-0.4, -0.2) is 49.4 Å². The molecular weight excluding hydrogens is 404 g/mol. The predicted molar refractivity (Wildman–Crippen MR) is 126 cm³/mol. The zero-order valence-corrected chi connectivity index (χ0v) is 19.2. The second-order valence-electron chi connectivity index (χ2n) is 7.90. The first-order valence-corrected chi connectivity index (χ1v) is 10.8. The van der Waals surface area contributed by atoms with E-state index in [0.29, 0.717) is 12.4 Å². The summed E-state index contributed by atoms with van der Waals surface area (Å²) < 4.78 is 12.9. The highest BCUT2D eigenvalue weighted by molar-refractivity contribution is 5.95. The van der Waals surface area contributed by atoms with Gasteiger partial charge < -0.3 is 19.7 Å². The Morgan fingerprint density at radius 3 is 2.53 bits per heavy atom. The van der Waals surface area contributed by atoms with Crippen LogP contribution in [0.3, 0.4) is 0 Å². The van der Waals surface area contributed by atoms with Gasteiger partial charge in [0.1, 0.15) is 11.5 Å². The molecule has 0 atom stereocenters. The molecule has 0 unspecified atom stereocenters. The van der Waals surface area contributed by atoms with Crippen molar-refractivity contribution in [3.8, 4) is 0 Å². The van der Waals surface area contributed by atoms with E-state index in [1.165, 1.54) is 11.3 Å².